The van der Waals surface area contributed by atoms with Crippen LogP contribution >= 0.6 is 0 Å². The van der Waals surface area contributed by atoms with Crippen LogP contribution in [0.5, 0.6) is 5.75 Å². The summed E-state index contributed by atoms with van der Waals surface area (Å²) in [7, 11) is 1.72. The molecule has 0 amide bonds. The van der Waals surface area contributed by atoms with Crippen molar-refractivity contribution in [1.29, 1.82) is 0 Å². The number of halogens is 1. The number of hydrogen-bond donors (Lipinski definition) is 1. The summed E-state index contributed by atoms with van der Waals surface area (Å²) in [6, 6.07) is 4.62. The van der Waals surface area contributed by atoms with Crippen molar-refractivity contribution >= 4 is 12.0 Å². The molecule has 76 valence electrons. The van der Waals surface area contributed by atoms with Gasteiger partial charge in [0.25, 0.3) is 0 Å². The molecule has 1 aromatic rings. The number of rotatable bonds is 4. The number of alkyl halides is 1. The van der Waals surface area contributed by atoms with Crippen LogP contribution in [0.15, 0.2) is 18.2 Å². The lowest BCUT2D eigenvalue weighted by Gasteiger charge is -2.17. The Labute approximate surface area is 81.8 Å². The summed E-state index contributed by atoms with van der Waals surface area (Å²) in [5.41, 5.74) is 0.924. The van der Waals surface area contributed by atoms with E-state index in [1.54, 1.807) is 18.0 Å². The predicted molar refractivity (Wildman–Crippen MR) is 52.7 cm³/mol. The minimum Gasteiger partial charge on any atom is -0.507 e. The molecule has 0 aromatic heterocycles. The van der Waals surface area contributed by atoms with Crippen molar-refractivity contribution < 1.29 is 14.3 Å². The maximum Gasteiger partial charge on any atom is 0.153 e. The van der Waals surface area contributed by atoms with Crippen LogP contribution in [0.25, 0.3) is 0 Å². The van der Waals surface area contributed by atoms with Crippen molar-refractivity contribution in [2.75, 3.05) is 25.2 Å². The van der Waals surface area contributed by atoms with Crippen molar-refractivity contribution in [3.05, 3.63) is 23.8 Å². The molecule has 0 atom stereocenters. The van der Waals surface area contributed by atoms with Gasteiger partial charge in [-0.3, -0.25) is 4.79 Å². The minimum atomic E-state index is -0.452. The molecular weight excluding hydrogens is 185 g/mol. The standard InChI is InChI=1S/C10H12FNO2/c1-12(5-4-11)9-3-2-8(7-13)10(14)6-9/h2-3,6-7,14H,4-5H2,1H3. The molecule has 14 heavy (non-hydrogen) atoms. The Kier molecular flexibility index (Phi) is 3.45. The number of phenols is 1. The first kappa shape index (κ1) is 10.5. The highest BCUT2D eigenvalue weighted by atomic mass is 19.1. The smallest absolute Gasteiger partial charge is 0.153 e. The molecule has 0 radical (unpaired) electrons. The SMILES string of the molecule is CN(CCF)c1ccc(C=O)c(O)c1. The quantitative estimate of drug-likeness (QED) is 0.745. The molecule has 1 aromatic carbocycles. The number of carbonyl (C=O) groups excluding carboxylic acids is 1. The molecule has 0 saturated carbocycles. The number of hydrogen-bond acceptors (Lipinski definition) is 3. The van der Waals surface area contributed by atoms with Gasteiger partial charge in [-0.05, 0) is 12.1 Å². The number of nitrogens with zero attached hydrogens (tertiary/aromatic N) is 1. The molecule has 4 heteroatoms. The first-order chi connectivity index (χ1) is 6.69. The second-order valence-electron chi connectivity index (χ2n) is 2.97. The normalized spacial score (nSPS) is 9.86. The van der Waals surface area contributed by atoms with Crippen LogP contribution in [-0.4, -0.2) is 31.7 Å². The zero-order valence-corrected chi connectivity index (χ0v) is 7.90. The molecule has 3 nitrogen and oxygen atoms in total. The summed E-state index contributed by atoms with van der Waals surface area (Å²) in [6.07, 6.45) is 0.578. The highest BCUT2D eigenvalue weighted by Crippen LogP contribution is 2.22. The molecule has 0 unspecified atom stereocenters. The highest BCUT2D eigenvalue weighted by molar-refractivity contribution is 5.80. The van der Waals surface area contributed by atoms with Gasteiger partial charge in [0.1, 0.15) is 12.4 Å². The Morgan fingerprint density at radius 2 is 2.29 bits per heavy atom. The molecule has 0 heterocycles. The van der Waals surface area contributed by atoms with Crippen LogP contribution in [0.3, 0.4) is 0 Å². The first-order valence-electron chi connectivity index (χ1n) is 4.24. The van der Waals surface area contributed by atoms with Crippen LogP contribution in [0.1, 0.15) is 10.4 Å². The summed E-state index contributed by atoms with van der Waals surface area (Å²) in [6.45, 7) is -0.188. The molecular formula is C10H12FNO2. The van der Waals surface area contributed by atoms with Crippen LogP contribution in [0.4, 0.5) is 10.1 Å². The summed E-state index contributed by atoms with van der Waals surface area (Å²) >= 11 is 0. The Morgan fingerprint density at radius 1 is 1.57 bits per heavy atom. The number of aromatic hydroxyl groups is 1. The van der Waals surface area contributed by atoms with Gasteiger partial charge in [0.15, 0.2) is 6.29 Å². The third kappa shape index (κ3) is 2.22. The van der Waals surface area contributed by atoms with Gasteiger partial charge in [-0.1, -0.05) is 0 Å². The fourth-order valence-corrected chi connectivity index (χ4v) is 1.13. The fraction of sp³-hybridized carbons (Fsp3) is 0.300. The van der Waals surface area contributed by atoms with Crippen LogP contribution in [0, 0.1) is 0 Å². The van der Waals surface area contributed by atoms with E-state index in [0.717, 1.165) is 0 Å². The average molecular weight is 197 g/mol. The molecule has 0 aliphatic heterocycles. The summed E-state index contributed by atoms with van der Waals surface area (Å²) < 4.78 is 12.0. The predicted octanol–water partition coefficient (Wildman–Crippen LogP) is 1.61. The average Bonchev–Trinajstić information content (AvgIpc) is 2.18. The Morgan fingerprint density at radius 3 is 2.79 bits per heavy atom. The van der Waals surface area contributed by atoms with Gasteiger partial charge in [0, 0.05) is 25.3 Å². The van der Waals surface area contributed by atoms with Crippen molar-refractivity contribution in [2.24, 2.45) is 0 Å². The van der Waals surface area contributed by atoms with Crippen molar-refractivity contribution in [2.45, 2.75) is 0 Å². The lowest BCUT2D eigenvalue weighted by Crippen LogP contribution is -2.19. The van der Waals surface area contributed by atoms with Gasteiger partial charge in [0.2, 0.25) is 0 Å². The van der Waals surface area contributed by atoms with E-state index in [4.69, 9.17) is 0 Å². The number of benzene rings is 1. The van der Waals surface area contributed by atoms with E-state index in [-0.39, 0.29) is 17.9 Å². The summed E-state index contributed by atoms with van der Waals surface area (Å²) in [5, 5.41) is 9.36. The van der Waals surface area contributed by atoms with E-state index >= 15 is 0 Å². The van der Waals surface area contributed by atoms with E-state index < -0.39 is 6.67 Å². The van der Waals surface area contributed by atoms with Crippen LogP contribution < -0.4 is 4.90 Å². The minimum absolute atomic E-state index is 0.0804. The molecule has 0 spiro atoms. The van der Waals surface area contributed by atoms with Gasteiger partial charge >= 0.3 is 0 Å². The third-order valence-corrected chi connectivity index (χ3v) is 2.00. The van der Waals surface area contributed by atoms with E-state index in [1.807, 2.05) is 0 Å². The van der Waals surface area contributed by atoms with E-state index in [2.05, 4.69) is 0 Å². The summed E-state index contributed by atoms with van der Waals surface area (Å²) in [5.74, 6) is -0.0804. The maximum atomic E-state index is 12.0. The second-order valence-corrected chi connectivity index (χ2v) is 2.97. The van der Waals surface area contributed by atoms with Gasteiger partial charge < -0.3 is 10.0 Å². The maximum absolute atomic E-state index is 12.0. The van der Waals surface area contributed by atoms with Crippen molar-refractivity contribution in [3.63, 3.8) is 0 Å². The lowest BCUT2D eigenvalue weighted by atomic mass is 10.2. The zero-order valence-electron chi connectivity index (χ0n) is 7.90. The monoisotopic (exact) mass is 197 g/mol. The van der Waals surface area contributed by atoms with Gasteiger partial charge in [-0.15, -0.1) is 0 Å². The van der Waals surface area contributed by atoms with E-state index in [1.165, 1.54) is 12.1 Å². The van der Waals surface area contributed by atoms with Gasteiger partial charge in [-0.25, -0.2) is 4.39 Å². The fourth-order valence-electron chi connectivity index (χ4n) is 1.13. The largest absolute Gasteiger partial charge is 0.507 e. The van der Waals surface area contributed by atoms with Gasteiger partial charge in [-0.2, -0.15) is 0 Å². The van der Waals surface area contributed by atoms with E-state index in [9.17, 15) is 14.3 Å². The Balaban J connectivity index is 2.90. The number of phenolic OH excluding ortho intramolecular Hbond substituents is 1. The zero-order chi connectivity index (χ0) is 10.6. The summed E-state index contributed by atoms with van der Waals surface area (Å²) in [4.78, 5) is 12.1. The first-order valence-corrected chi connectivity index (χ1v) is 4.24. The number of carbonyl (C=O) groups is 1. The Bertz CT molecular complexity index is 328. The van der Waals surface area contributed by atoms with Crippen molar-refractivity contribution in [3.8, 4) is 5.75 Å². The lowest BCUT2D eigenvalue weighted by molar-refractivity contribution is 0.112. The Hall–Kier alpha value is -1.58. The number of aldehydes is 1. The molecule has 0 fully saturated rings. The molecule has 0 saturated heterocycles. The molecule has 0 bridgehead atoms. The second kappa shape index (κ2) is 4.60. The highest BCUT2D eigenvalue weighted by Gasteiger charge is 2.04. The number of anilines is 1. The van der Waals surface area contributed by atoms with Crippen molar-refractivity contribution in [1.82, 2.24) is 0 Å². The topological polar surface area (TPSA) is 40.5 Å². The third-order valence-electron chi connectivity index (χ3n) is 2.00. The van der Waals surface area contributed by atoms with Crippen LogP contribution in [-0.2, 0) is 0 Å². The molecule has 1 rings (SSSR count). The van der Waals surface area contributed by atoms with Crippen LogP contribution in [0.2, 0.25) is 0 Å². The van der Waals surface area contributed by atoms with Gasteiger partial charge in [0.05, 0.1) is 5.56 Å². The molecule has 1 N–H and O–H groups in total. The molecule has 0 aliphatic rings. The molecule has 0 aliphatic carbocycles. The van der Waals surface area contributed by atoms with E-state index in [0.29, 0.717) is 12.0 Å².